The second kappa shape index (κ2) is 15.7. The lowest BCUT2D eigenvalue weighted by Crippen LogP contribution is -2.35. The Morgan fingerprint density at radius 2 is 2.06 bits per heavy atom. The van der Waals surface area contributed by atoms with Crippen LogP contribution >= 0.6 is 35.9 Å². The number of nitrogens with two attached hydrogens (primary N) is 2. The van der Waals surface area contributed by atoms with Crippen LogP contribution in [0.1, 0.15) is 42.5 Å². The molecule has 2 heterocycles. The van der Waals surface area contributed by atoms with Gasteiger partial charge in [-0.15, -0.1) is 32.9 Å². The minimum Gasteiger partial charge on any atom is -0.462 e. The predicted octanol–water partition coefficient (Wildman–Crippen LogP) is 3.31. The summed E-state index contributed by atoms with van der Waals surface area (Å²) in [5.41, 5.74) is 5.76. The summed E-state index contributed by atoms with van der Waals surface area (Å²) in [7, 11) is 0. The zero-order chi connectivity index (χ0) is 24.8. The minimum absolute atomic E-state index is 0.189. The van der Waals surface area contributed by atoms with E-state index >= 15 is 0 Å². The van der Waals surface area contributed by atoms with E-state index in [1.807, 2.05) is 6.07 Å². The van der Waals surface area contributed by atoms with Crippen LogP contribution in [-0.4, -0.2) is 59.0 Å². The van der Waals surface area contributed by atoms with Crippen molar-refractivity contribution in [1.29, 1.82) is 0 Å². The van der Waals surface area contributed by atoms with E-state index in [2.05, 4.69) is 32.6 Å². The van der Waals surface area contributed by atoms with Crippen molar-refractivity contribution in [1.82, 2.24) is 15.1 Å². The molecule has 188 valence electrons. The summed E-state index contributed by atoms with van der Waals surface area (Å²) >= 11 is 6.55. The number of benzene rings is 1. The van der Waals surface area contributed by atoms with E-state index in [1.165, 1.54) is 11.3 Å². The fourth-order valence-electron chi connectivity index (χ4n) is 3.45. The average molecular weight is 531 g/mol. The molecule has 1 aromatic heterocycles. The molecule has 11 nitrogen and oxygen atoms in total. The molecule has 0 amide bonds. The van der Waals surface area contributed by atoms with Gasteiger partial charge in [-0.2, -0.15) is 0 Å². The van der Waals surface area contributed by atoms with Gasteiger partial charge in [0.05, 0.1) is 18.8 Å². The first kappa shape index (κ1) is 28.1. The van der Waals surface area contributed by atoms with Crippen LogP contribution in [0, 0.1) is 16.0 Å². The van der Waals surface area contributed by atoms with Crippen molar-refractivity contribution >= 4 is 47.0 Å². The quantitative estimate of drug-likeness (QED) is 0.0976. The maximum atomic E-state index is 11.9. The van der Waals surface area contributed by atoms with Crippen molar-refractivity contribution < 1.29 is 19.5 Å². The highest BCUT2D eigenvalue weighted by atomic mass is 32.2. The highest BCUT2D eigenvalue weighted by Gasteiger charge is 2.18. The number of nitrogen functional groups attached to an aromatic ring is 1. The highest BCUT2D eigenvalue weighted by Crippen LogP contribution is 2.22. The van der Waals surface area contributed by atoms with Crippen LogP contribution in [0.4, 0.5) is 5.13 Å². The van der Waals surface area contributed by atoms with Gasteiger partial charge < -0.3 is 20.2 Å². The lowest BCUT2D eigenvalue weighted by molar-refractivity contribution is -0.757. The summed E-state index contributed by atoms with van der Waals surface area (Å²) in [6.45, 7) is 3.56. The molecular weight excluding hydrogens is 500 g/mol. The fraction of sp³-hybridized carbons (Fsp3) is 0.550. The molecule has 1 saturated heterocycles. The van der Waals surface area contributed by atoms with Gasteiger partial charge in [-0.3, -0.25) is 5.14 Å². The molecule has 34 heavy (non-hydrogen) atoms. The Hall–Kier alpha value is -2.13. The lowest BCUT2D eigenvalue weighted by Gasteiger charge is -2.31. The number of nitrogens with zero attached hydrogens (tertiary/aromatic N) is 4. The third-order valence-corrected chi connectivity index (χ3v) is 6.76. The summed E-state index contributed by atoms with van der Waals surface area (Å²) in [6, 6.07) is 7.03. The monoisotopic (exact) mass is 530 g/mol. The molecule has 3 rings (SSSR count). The summed E-state index contributed by atoms with van der Waals surface area (Å²) in [5, 5.41) is 22.1. The number of carbonyl (C=O) groups excluding carboxylic acids is 1. The average Bonchev–Trinajstić information content (AvgIpc) is 3.26. The molecule has 0 aliphatic carbocycles. The number of thiol groups is 1. The third-order valence-electron chi connectivity index (χ3n) is 5.12. The first-order valence-electron chi connectivity index (χ1n) is 10.8. The summed E-state index contributed by atoms with van der Waals surface area (Å²) < 4.78 is 6.01. The number of rotatable bonds is 11. The van der Waals surface area contributed by atoms with Gasteiger partial charge in [0.25, 0.3) is 5.09 Å². The zero-order valence-corrected chi connectivity index (χ0v) is 21.2. The van der Waals surface area contributed by atoms with Gasteiger partial charge in [0.1, 0.15) is 0 Å². The first-order chi connectivity index (χ1) is 16.4. The molecule has 0 bridgehead atoms. The molecule has 2 aromatic rings. The second-order valence-electron chi connectivity index (χ2n) is 7.55. The van der Waals surface area contributed by atoms with Crippen LogP contribution in [0.15, 0.2) is 33.5 Å². The molecule has 0 atom stereocenters. The summed E-state index contributed by atoms with van der Waals surface area (Å²) in [4.78, 5) is 29.5. The molecule has 4 N–H and O–H groups in total. The van der Waals surface area contributed by atoms with E-state index in [1.54, 1.807) is 18.2 Å². The molecule has 1 aromatic carbocycles. The maximum Gasteiger partial charge on any atom is 0.338 e. The predicted molar refractivity (Wildman–Crippen MR) is 134 cm³/mol. The summed E-state index contributed by atoms with van der Waals surface area (Å²) in [6.07, 6.45) is 4.73. The van der Waals surface area contributed by atoms with E-state index in [0.29, 0.717) is 27.6 Å². The highest BCUT2D eigenvalue weighted by molar-refractivity contribution is 7.98. The van der Waals surface area contributed by atoms with Crippen molar-refractivity contribution in [2.24, 2.45) is 11.1 Å². The number of likely N-dealkylation sites (tertiary alicyclic amines) is 1. The molecule has 0 radical (unpaired) electrons. The second-order valence-corrected chi connectivity index (χ2v) is 9.95. The van der Waals surface area contributed by atoms with Gasteiger partial charge in [0.15, 0.2) is 4.34 Å². The number of hydrogen-bond acceptors (Lipinski definition) is 13. The van der Waals surface area contributed by atoms with Crippen LogP contribution in [0.5, 0.6) is 0 Å². The van der Waals surface area contributed by atoms with Crippen molar-refractivity contribution in [2.45, 2.75) is 41.3 Å². The Balaban J connectivity index is 0.000000430. The van der Waals surface area contributed by atoms with E-state index in [4.69, 9.17) is 15.6 Å². The van der Waals surface area contributed by atoms with E-state index in [9.17, 15) is 14.9 Å². The Morgan fingerprint density at radius 1 is 1.29 bits per heavy atom. The first-order valence-corrected chi connectivity index (χ1v) is 12.9. The van der Waals surface area contributed by atoms with E-state index < -0.39 is 5.09 Å². The van der Waals surface area contributed by atoms with Crippen molar-refractivity contribution in [3.8, 4) is 0 Å². The largest absolute Gasteiger partial charge is 0.462 e. The van der Waals surface area contributed by atoms with Gasteiger partial charge in [0, 0.05) is 11.4 Å². The number of ether oxygens (including phenoxy) is 1. The van der Waals surface area contributed by atoms with E-state index in [-0.39, 0.29) is 12.6 Å². The number of carbonyl (C=O) groups is 1. The van der Waals surface area contributed by atoms with Crippen LogP contribution < -0.4 is 10.9 Å². The molecule has 0 saturated carbocycles. The lowest BCUT2D eigenvalue weighted by atomic mass is 9.92. The normalized spacial score (nSPS) is 14.2. The number of aromatic nitrogens is 2. The van der Waals surface area contributed by atoms with Crippen molar-refractivity contribution in [3.05, 3.63) is 39.9 Å². The van der Waals surface area contributed by atoms with Gasteiger partial charge >= 0.3 is 5.97 Å². The molecule has 1 fully saturated rings. The molecule has 14 heteroatoms. The topological polar surface area (TPSA) is 160 Å². The Labute approximate surface area is 212 Å². The van der Waals surface area contributed by atoms with Crippen LogP contribution in [0.2, 0.25) is 0 Å². The Bertz CT molecular complexity index is 895. The van der Waals surface area contributed by atoms with Gasteiger partial charge in [-0.25, -0.2) is 4.79 Å². The molecular formula is C20H30N6O5S3. The minimum atomic E-state index is -0.732. The van der Waals surface area contributed by atoms with Gasteiger partial charge in [-0.05, 0) is 81.3 Å². The SMILES string of the molecule is NSc1nnc(N)s1.O=C(OCCCN1CCC(CCCO[N+](=O)[O-])CC1)c1cccc(S)c1. The van der Waals surface area contributed by atoms with Crippen LogP contribution in [-0.2, 0) is 9.57 Å². The van der Waals surface area contributed by atoms with Gasteiger partial charge in [-0.1, -0.05) is 17.4 Å². The Kier molecular flexibility index (Phi) is 13.0. The smallest absolute Gasteiger partial charge is 0.338 e. The number of anilines is 1. The van der Waals surface area contributed by atoms with Crippen molar-refractivity contribution in [2.75, 3.05) is 38.6 Å². The maximum absolute atomic E-state index is 11.9. The number of piperidine rings is 1. The van der Waals surface area contributed by atoms with Crippen LogP contribution in [0.25, 0.3) is 0 Å². The zero-order valence-electron chi connectivity index (χ0n) is 18.7. The molecule has 1 aliphatic heterocycles. The van der Waals surface area contributed by atoms with Gasteiger partial charge in [0.2, 0.25) is 5.13 Å². The molecule has 1 aliphatic rings. The molecule has 0 unspecified atom stereocenters. The third kappa shape index (κ3) is 11.3. The molecule has 0 spiro atoms. The standard InChI is InChI=1S/C18H26N2O5S.C2H4N4S2/c21-18(16-5-1-6-17(26)14-16)24-12-3-9-19-10-7-15(8-11-19)4-2-13-25-20(22)23;3-1-5-6-2(7-1)8-4/h1,5-6,14-15,26H,2-4,7-13H2;4H2,(H2,3,5). The number of hydrogen-bond donors (Lipinski definition) is 3. The van der Waals surface area contributed by atoms with Crippen molar-refractivity contribution in [3.63, 3.8) is 0 Å². The van der Waals surface area contributed by atoms with Crippen LogP contribution in [0.3, 0.4) is 0 Å². The number of esters is 1. The summed E-state index contributed by atoms with van der Waals surface area (Å²) in [5.74, 6) is 0.310. The van der Waals surface area contributed by atoms with E-state index in [0.717, 1.165) is 68.6 Å². The Morgan fingerprint density at radius 3 is 2.65 bits per heavy atom. The fourth-order valence-corrected chi connectivity index (χ4v) is 4.55.